The molecule has 2 aromatic rings. The monoisotopic (exact) mass is 401 g/mol. The fraction of sp³-hybridized carbons (Fsp3) is 0.571. The first kappa shape index (κ1) is 21.3. The lowest BCUT2D eigenvalue weighted by Crippen LogP contribution is -2.52. The number of piperazine rings is 1. The zero-order valence-electron chi connectivity index (χ0n) is 17.7. The number of hydrogen-bond acceptors (Lipinski definition) is 7. The summed E-state index contributed by atoms with van der Waals surface area (Å²) in [7, 11) is 0. The minimum absolute atomic E-state index is 0.00101. The Kier molecular flexibility index (Phi) is 7.22. The van der Waals surface area contributed by atoms with Crippen molar-refractivity contribution in [2.75, 3.05) is 38.1 Å². The molecule has 0 saturated carbocycles. The maximum Gasteiger partial charge on any atom is 0.241 e. The van der Waals surface area contributed by atoms with Crippen LogP contribution < -0.4 is 10.1 Å². The molecular formula is C21H31N5O3. The first-order valence-corrected chi connectivity index (χ1v) is 10.3. The number of carbonyl (C=O) groups excluding carboxylic acids is 1. The van der Waals surface area contributed by atoms with Gasteiger partial charge < -0.3 is 14.6 Å². The van der Waals surface area contributed by atoms with Crippen molar-refractivity contribution >= 4 is 11.6 Å². The van der Waals surface area contributed by atoms with Crippen LogP contribution >= 0.6 is 0 Å². The van der Waals surface area contributed by atoms with Gasteiger partial charge in [-0.3, -0.25) is 14.6 Å². The van der Waals surface area contributed by atoms with Crippen LogP contribution in [0.2, 0.25) is 0 Å². The number of carbonyl (C=O) groups is 1. The molecule has 0 radical (unpaired) electrons. The topological polar surface area (TPSA) is 83.7 Å². The lowest BCUT2D eigenvalue weighted by molar-refractivity contribution is -0.121. The number of nitrogens with zero attached hydrogens (tertiary/aromatic N) is 4. The Hall–Kier alpha value is -2.45. The van der Waals surface area contributed by atoms with Crippen molar-refractivity contribution in [3.8, 4) is 5.75 Å². The second-order valence-corrected chi connectivity index (χ2v) is 7.64. The van der Waals surface area contributed by atoms with Crippen molar-refractivity contribution in [3.05, 3.63) is 36.0 Å². The average molecular weight is 402 g/mol. The molecule has 29 heavy (non-hydrogen) atoms. The number of amides is 1. The molecule has 0 aliphatic carbocycles. The lowest BCUT2D eigenvalue weighted by atomic mass is 10.2. The molecule has 1 atom stereocenters. The number of benzene rings is 1. The van der Waals surface area contributed by atoms with Gasteiger partial charge in [0.05, 0.1) is 19.2 Å². The first-order valence-electron chi connectivity index (χ1n) is 10.3. The summed E-state index contributed by atoms with van der Waals surface area (Å²) in [4.78, 5) is 21.6. The van der Waals surface area contributed by atoms with Crippen molar-refractivity contribution in [2.24, 2.45) is 0 Å². The van der Waals surface area contributed by atoms with Crippen LogP contribution in [0.25, 0.3) is 0 Å². The maximum absolute atomic E-state index is 12.6. The van der Waals surface area contributed by atoms with E-state index in [1.54, 1.807) is 0 Å². The molecule has 1 aromatic carbocycles. The number of rotatable bonds is 8. The fourth-order valence-corrected chi connectivity index (χ4v) is 3.28. The van der Waals surface area contributed by atoms with Crippen molar-refractivity contribution in [1.82, 2.24) is 19.9 Å². The van der Waals surface area contributed by atoms with Gasteiger partial charge in [-0.25, -0.2) is 0 Å². The molecule has 1 fully saturated rings. The Bertz CT molecular complexity index is 782. The van der Waals surface area contributed by atoms with Gasteiger partial charge in [-0.15, -0.1) is 0 Å². The Morgan fingerprint density at radius 1 is 1.17 bits per heavy atom. The summed E-state index contributed by atoms with van der Waals surface area (Å²) < 4.78 is 10.8. The molecule has 2 heterocycles. The van der Waals surface area contributed by atoms with Gasteiger partial charge in [-0.2, -0.15) is 4.98 Å². The molecule has 0 spiro atoms. The third kappa shape index (κ3) is 5.77. The van der Waals surface area contributed by atoms with Crippen molar-refractivity contribution in [3.63, 3.8) is 0 Å². The Labute approximate surface area is 172 Å². The van der Waals surface area contributed by atoms with Gasteiger partial charge in [0.15, 0.2) is 5.82 Å². The van der Waals surface area contributed by atoms with E-state index in [1.807, 2.05) is 52.0 Å². The number of aromatic nitrogens is 2. The van der Waals surface area contributed by atoms with E-state index in [1.165, 1.54) is 0 Å². The number of hydrogen-bond donors (Lipinski definition) is 1. The molecule has 1 saturated heterocycles. The molecule has 1 unspecified atom stereocenters. The molecule has 1 N–H and O–H groups in total. The Morgan fingerprint density at radius 2 is 1.86 bits per heavy atom. The normalized spacial score (nSPS) is 16.7. The van der Waals surface area contributed by atoms with Crippen molar-refractivity contribution in [1.29, 1.82) is 0 Å². The highest BCUT2D eigenvalue weighted by atomic mass is 16.5. The first-order chi connectivity index (χ1) is 14.0. The minimum Gasteiger partial charge on any atom is -0.494 e. The van der Waals surface area contributed by atoms with Gasteiger partial charge >= 0.3 is 0 Å². The zero-order valence-corrected chi connectivity index (χ0v) is 17.7. The van der Waals surface area contributed by atoms with Gasteiger partial charge in [-0.05, 0) is 38.1 Å². The quantitative estimate of drug-likeness (QED) is 0.728. The lowest BCUT2D eigenvalue weighted by Gasteiger charge is -2.36. The molecule has 158 valence electrons. The summed E-state index contributed by atoms with van der Waals surface area (Å²) in [6.07, 6.45) is 0. The third-order valence-electron chi connectivity index (χ3n) is 5.13. The molecule has 1 aliphatic rings. The predicted molar refractivity (Wildman–Crippen MR) is 111 cm³/mol. The SMILES string of the molecule is CCOc1ccc(NC(=O)C(C)N2CCN(Cc3nc(C(C)C)no3)CC2)cc1. The second-order valence-electron chi connectivity index (χ2n) is 7.64. The second kappa shape index (κ2) is 9.84. The van der Waals surface area contributed by atoms with E-state index in [0.29, 0.717) is 19.0 Å². The fourth-order valence-electron chi connectivity index (χ4n) is 3.28. The van der Waals surface area contributed by atoms with Crippen LogP contribution in [-0.2, 0) is 11.3 Å². The van der Waals surface area contributed by atoms with Crippen molar-refractivity contribution in [2.45, 2.75) is 46.2 Å². The van der Waals surface area contributed by atoms with E-state index in [0.717, 1.165) is 43.4 Å². The highest BCUT2D eigenvalue weighted by molar-refractivity contribution is 5.94. The predicted octanol–water partition coefficient (Wildman–Crippen LogP) is 2.74. The summed E-state index contributed by atoms with van der Waals surface area (Å²) in [6.45, 7) is 12.6. The summed E-state index contributed by atoms with van der Waals surface area (Å²) in [5, 5.41) is 7.01. The number of anilines is 1. The van der Waals surface area contributed by atoms with Gasteiger partial charge in [0.2, 0.25) is 11.8 Å². The molecule has 8 heteroatoms. The van der Waals surface area contributed by atoms with Crippen LogP contribution in [0.15, 0.2) is 28.8 Å². The van der Waals surface area contributed by atoms with Crippen LogP contribution in [0.1, 0.15) is 45.3 Å². The smallest absolute Gasteiger partial charge is 0.241 e. The van der Waals surface area contributed by atoms with E-state index in [-0.39, 0.29) is 17.9 Å². The van der Waals surface area contributed by atoms with E-state index < -0.39 is 0 Å². The third-order valence-corrected chi connectivity index (χ3v) is 5.13. The highest BCUT2D eigenvalue weighted by Crippen LogP contribution is 2.17. The van der Waals surface area contributed by atoms with Gasteiger partial charge in [0, 0.05) is 37.8 Å². The summed E-state index contributed by atoms with van der Waals surface area (Å²) in [6, 6.07) is 7.27. The molecule has 1 aromatic heterocycles. The number of ether oxygens (including phenoxy) is 1. The molecule has 1 amide bonds. The zero-order chi connectivity index (χ0) is 20.8. The molecule has 8 nitrogen and oxygen atoms in total. The van der Waals surface area contributed by atoms with Gasteiger partial charge in [0.25, 0.3) is 0 Å². The highest BCUT2D eigenvalue weighted by Gasteiger charge is 2.26. The number of nitrogens with one attached hydrogen (secondary N) is 1. The van der Waals surface area contributed by atoms with Crippen LogP contribution in [0.3, 0.4) is 0 Å². The summed E-state index contributed by atoms with van der Waals surface area (Å²) in [5.74, 6) is 2.47. The maximum atomic E-state index is 12.6. The molecular weight excluding hydrogens is 370 g/mol. The van der Waals surface area contributed by atoms with Crippen LogP contribution in [0.5, 0.6) is 5.75 Å². The van der Waals surface area contributed by atoms with E-state index >= 15 is 0 Å². The van der Waals surface area contributed by atoms with Crippen molar-refractivity contribution < 1.29 is 14.1 Å². The molecule has 1 aliphatic heterocycles. The van der Waals surface area contributed by atoms with Gasteiger partial charge in [-0.1, -0.05) is 19.0 Å². The Morgan fingerprint density at radius 3 is 2.45 bits per heavy atom. The Balaban J connectivity index is 1.46. The summed E-state index contributed by atoms with van der Waals surface area (Å²) in [5.41, 5.74) is 0.779. The van der Waals surface area contributed by atoms with E-state index in [4.69, 9.17) is 9.26 Å². The van der Waals surface area contributed by atoms with Crippen LogP contribution in [0.4, 0.5) is 5.69 Å². The van der Waals surface area contributed by atoms with Crippen LogP contribution in [0, 0.1) is 0 Å². The van der Waals surface area contributed by atoms with E-state index in [9.17, 15) is 4.79 Å². The summed E-state index contributed by atoms with van der Waals surface area (Å²) >= 11 is 0. The standard InChI is InChI=1S/C21H31N5O3/c1-5-28-18-8-6-17(7-9-18)22-21(27)16(4)26-12-10-25(11-13-26)14-19-23-20(15(2)3)24-29-19/h6-9,15-16H,5,10-14H2,1-4H3,(H,22,27). The van der Waals surface area contributed by atoms with E-state index in [2.05, 4.69) is 25.3 Å². The van der Waals surface area contributed by atoms with Gasteiger partial charge in [0.1, 0.15) is 5.75 Å². The molecule has 0 bridgehead atoms. The largest absolute Gasteiger partial charge is 0.494 e. The minimum atomic E-state index is -0.195. The average Bonchev–Trinajstić information content (AvgIpc) is 3.18. The van der Waals surface area contributed by atoms with Crippen LogP contribution in [-0.4, -0.2) is 64.7 Å². The molecule has 3 rings (SSSR count).